The van der Waals surface area contributed by atoms with Crippen molar-refractivity contribution in [3.05, 3.63) is 52.0 Å². The van der Waals surface area contributed by atoms with E-state index in [-0.39, 0.29) is 19.1 Å². The Morgan fingerprint density at radius 1 is 1.03 bits per heavy atom. The van der Waals surface area contributed by atoms with Crippen LogP contribution in [0.4, 0.5) is 11.4 Å². The van der Waals surface area contributed by atoms with E-state index in [1.807, 2.05) is 32.0 Å². The van der Waals surface area contributed by atoms with E-state index in [4.69, 9.17) is 21.1 Å². The molecule has 1 aliphatic heterocycles. The molecule has 0 spiro atoms. The second-order valence-electron chi connectivity index (χ2n) is 8.08. The quantitative estimate of drug-likeness (QED) is 0.576. The van der Waals surface area contributed by atoms with Gasteiger partial charge >= 0.3 is 5.97 Å². The summed E-state index contributed by atoms with van der Waals surface area (Å²) in [5, 5.41) is 3.62. The summed E-state index contributed by atoms with van der Waals surface area (Å²) < 4.78 is 10.8. The van der Waals surface area contributed by atoms with E-state index in [0.29, 0.717) is 22.0 Å². The molecule has 7 nitrogen and oxygen atoms in total. The fraction of sp³-hybridized carbons (Fsp3) is 0.440. The first-order valence-corrected chi connectivity index (χ1v) is 11.7. The zero-order valence-electron chi connectivity index (χ0n) is 19.7. The van der Waals surface area contributed by atoms with Crippen LogP contribution >= 0.6 is 11.6 Å². The fourth-order valence-electron chi connectivity index (χ4n) is 3.88. The number of piperazine rings is 1. The van der Waals surface area contributed by atoms with Crippen LogP contribution in [0.25, 0.3) is 0 Å². The maximum atomic E-state index is 12.8. The molecule has 0 unspecified atom stereocenters. The van der Waals surface area contributed by atoms with Crippen LogP contribution in [0.15, 0.2) is 30.3 Å². The van der Waals surface area contributed by atoms with E-state index < -0.39 is 5.97 Å². The topological polar surface area (TPSA) is 71.1 Å². The molecule has 1 aliphatic rings. The summed E-state index contributed by atoms with van der Waals surface area (Å²) in [6.07, 6.45) is 0. The third-order valence-electron chi connectivity index (χ3n) is 5.72. The van der Waals surface area contributed by atoms with Gasteiger partial charge < -0.3 is 24.6 Å². The average molecular weight is 474 g/mol. The first-order chi connectivity index (χ1) is 15.8. The molecule has 0 saturated carbocycles. The zero-order valence-corrected chi connectivity index (χ0v) is 20.5. The van der Waals surface area contributed by atoms with E-state index in [2.05, 4.69) is 22.0 Å². The highest BCUT2D eigenvalue weighted by Gasteiger charge is 2.21. The van der Waals surface area contributed by atoms with Crippen molar-refractivity contribution in [1.29, 1.82) is 0 Å². The molecule has 0 aliphatic carbocycles. The highest BCUT2D eigenvalue weighted by Crippen LogP contribution is 2.29. The van der Waals surface area contributed by atoms with Gasteiger partial charge in [-0.2, -0.15) is 0 Å². The van der Waals surface area contributed by atoms with Crippen LogP contribution in [0.1, 0.15) is 35.3 Å². The lowest BCUT2D eigenvalue weighted by Crippen LogP contribution is -2.46. The summed E-state index contributed by atoms with van der Waals surface area (Å²) >= 11 is 6.21. The first kappa shape index (κ1) is 24.9. The molecule has 33 heavy (non-hydrogen) atoms. The van der Waals surface area contributed by atoms with E-state index >= 15 is 0 Å². The highest BCUT2D eigenvalue weighted by atomic mass is 35.5. The van der Waals surface area contributed by atoms with Crippen LogP contribution in [0.3, 0.4) is 0 Å². The molecule has 0 aromatic heterocycles. The number of benzene rings is 2. The smallest absolute Gasteiger partial charge is 0.338 e. The van der Waals surface area contributed by atoms with Crippen LogP contribution in [-0.2, 0) is 9.53 Å². The number of halogens is 1. The SMILES string of the molecule is CCOC(=O)c1ccc(N2CCN(CC)CC2)c(NC(=O)COc2cc(C)c(Cl)c(C)c2)c1. The summed E-state index contributed by atoms with van der Waals surface area (Å²) in [6.45, 7) is 12.4. The Morgan fingerprint density at radius 3 is 2.30 bits per heavy atom. The van der Waals surface area contributed by atoms with Crippen molar-refractivity contribution in [3.8, 4) is 5.75 Å². The number of ether oxygens (including phenoxy) is 2. The maximum absolute atomic E-state index is 12.8. The minimum atomic E-state index is -0.418. The van der Waals surface area contributed by atoms with Gasteiger partial charge in [-0.25, -0.2) is 4.79 Å². The number of hydrogen-bond donors (Lipinski definition) is 1. The van der Waals surface area contributed by atoms with E-state index in [0.717, 1.165) is 49.5 Å². The van der Waals surface area contributed by atoms with Crippen LogP contribution in [0.5, 0.6) is 5.75 Å². The molecule has 178 valence electrons. The summed E-state index contributed by atoms with van der Waals surface area (Å²) in [6, 6.07) is 8.90. The Bertz CT molecular complexity index is 980. The third kappa shape index (κ3) is 6.39. The molecule has 2 aromatic carbocycles. The van der Waals surface area contributed by atoms with Crippen molar-refractivity contribution >= 4 is 34.9 Å². The Morgan fingerprint density at radius 2 is 1.70 bits per heavy atom. The number of likely N-dealkylation sites (N-methyl/N-ethyl adjacent to an activating group) is 1. The summed E-state index contributed by atoms with van der Waals surface area (Å²) in [5.74, 6) is -0.144. The molecule has 0 bridgehead atoms. The van der Waals surface area contributed by atoms with E-state index in [1.54, 1.807) is 19.1 Å². The lowest BCUT2D eigenvalue weighted by Gasteiger charge is -2.36. The first-order valence-electron chi connectivity index (χ1n) is 11.3. The number of rotatable bonds is 8. The lowest BCUT2D eigenvalue weighted by atomic mass is 10.1. The third-order valence-corrected chi connectivity index (χ3v) is 6.32. The van der Waals surface area contributed by atoms with Gasteiger partial charge in [0.2, 0.25) is 0 Å². The number of nitrogens with zero attached hydrogens (tertiary/aromatic N) is 2. The van der Waals surface area contributed by atoms with Crippen LogP contribution in [0.2, 0.25) is 5.02 Å². The molecular weight excluding hydrogens is 442 g/mol. The minimum Gasteiger partial charge on any atom is -0.484 e. The van der Waals surface area contributed by atoms with Gasteiger partial charge in [0, 0.05) is 31.2 Å². The van der Waals surface area contributed by atoms with Gasteiger partial charge in [-0.1, -0.05) is 18.5 Å². The predicted octanol–water partition coefficient (Wildman–Crippen LogP) is 4.29. The zero-order chi connectivity index (χ0) is 24.0. The summed E-state index contributed by atoms with van der Waals surface area (Å²) in [5.41, 5.74) is 3.63. The van der Waals surface area contributed by atoms with Gasteiger partial charge in [0.15, 0.2) is 6.61 Å². The normalized spacial score (nSPS) is 14.2. The predicted molar refractivity (Wildman–Crippen MR) is 132 cm³/mol. The summed E-state index contributed by atoms with van der Waals surface area (Å²) in [4.78, 5) is 29.6. The molecule has 1 heterocycles. The van der Waals surface area contributed by atoms with E-state index in [9.17, 15) is 9.59 Å². The number of anilines is 2. The molecule has 0 atom stereocenters. The minimum absolute atomic E-state index is 0.160. The van der Waals surface area contributed by atoms with Crippen LogP contribution in [0, 0.1) is 13.8 Å². The Hall–Kier alpha value is -2.77. The lowest BCUT2D eigenvalue weighted by molar-refractivity contribution is -0.118. The van der Waals surface area contributed by atoms with Gasteiger partial charge in [-0.3, -0.25) is 4.79 Å². The molecule has 3 rings (SSSR count). The monoisotopic (exact) mass is 473 g/mol. The second-order valence-corrected chi connectivity index (χ2v) is 8.46. The van der Waals surface area contributed by atoms with Crippen molar-refractivity contribution in [2.45, 2.75) is 27.7 Å². The second kappa shape index (κ2) is 11.4. The van der Waals surface area contributed by atoms with Gasteiger partial charge in [0.1, 0.15) is 5.75 Å². The number of nitrogens with one attached hydrogen (secondary N) is 1. The van der Waals surface area contributed by atoms with Crippen molar-refractivity contribution in [1.82, 2.24) is 4.90 Å². The van der Waals surface area contributed by atoms with Gasteiger partial charge in [-0.15, -0.1) is 0 Å². The number of amides is 1. The number of aryl methyl sites for hydroxylation is 2. The molecule has 1 amide bonds. The number of carbonyl (C=O) groups excluding carboxylic acids is 2. The fourth-order valence-corrected chi connectivity index (χ4v) is 3.99. The van der Waals surface area contributed by atoms with Crippen molar-refractivity contribution < 1.29 is 19.1 Å². The molecule has 1 saturated heterocycles. The van der Waals surface area contributed by atoms with E-state index in [1.165, 1.54) is 0 Å². The molecule has 8 heteroatoms. The Balaban J connectivity index is 1.76. The van der Waals surface area contributed by atoms with Gasteiger partial charge in [0.25, 0.3) is 5.91 Å². The average Bonchev–Trinajstić information content (AvgIpc) is 2.81. The molecule has 2 aromatic rings. The van der Waals surface area contributed by atoms with Gasteiger partial charge in [-0.05, 0) is 68.8 Å². The largest absolute Gasteiger partial charge is 0.484 e. The molecule has 1 N–H and O–H groups in total. The van der Waals surface area contributed by atoms with Crippen LogP contribution < -0.4 is 15.0 Å². The highest BCUT2D eigenvalue weighted by molar-refractivity contribution is 6.32. The van der Waals surface area contributed by atoms with Gasteiger partial charge in [0.05, 0.1) is 23.5 Å². The maximum Gasteiger partial charge on any atom is 0.338 e. The van der Waals surface area contributed by atoms with Crippen molar-refractivity contribution in [3.63, 3.8) is 0 Å². The summed E-state index contributed by atoms with van der Waals surface area (Å²) in [7, 11) is 0. The number of carbonyl (C=O) groups is 2. The van der Waals surface area contributed by atoms with Crippen molar-refractivity contribution in [2.75, 3.05) is 56.2 Å². The molecule has 1 fully saturated rings. The van der Waals surface area contributed by atoms with Crippen LogP contribution in [-0.4, -0.2) is 62.7 Å². The molecular formula is C25H32ClN3O4. The number of esters is 1. The number of hydrogen-bond acceptors (Lipinski definition) is 6. The Labute approximate surface area is 200 Å². The van der Waals surface area contributed by atoms with Crippen molar-refractivity contribution in [2.24, 2.45) is 0 Å². The Kier molecular flexibility index (Phi) is 8.58. The standard InChI is InChI=1S/C25H32ClN3O4/c1-5-28-9-11-29(12-10-28)22-8-7-19(25(31)32-6-2)15-21(22)27-23(30)16-33-20-13-17(3)24(26)18(4)14-20/h7-8,13-15H,5-6,9-12,16H2,1-4H3,(H,27,30). The molecule has 0 radical (unpaired) electrons.